The van der Waals surface area contributed by atoms with Crippen molar-refractivity contribution in [2.45, 2.75) is 11.8 Å². The molecule has 1 aromatic rings. The van der Waals surface area contributed by atoms with Crippen molar-refractivity contribution in [3.05, 3.63) is 35.9 Å². The third-order valence-corrected chi connectivity index (χ3v) is 2.61. The average molecular weight is 192 g/mol. The van der Waals surface area contributed by atoms with E-state index in [4.69, 9.17) is 0 Å². The number of thioether (sulfide) groups is 1. The molecule has 0 amide bonds. The Morgan fingerprint density at radius 1 is 1.54 bits per heavy atom. The molecular formula is C11H12OS. The molecule has 0 heterocycles. The predicted octanol–water partition coefficient (Wildman–Crippen LogP) is 3.25. The van der Waals surface area contributed by atoms with E-state index in [1.165, 1.54) is 0 Å². The number of hydrogen-bond donors (Lipinski definition) is 0. The summed E-state index contributed by atoms with van der Waals surface area (Å²) in [4.78, 5) is 11.9. The molecule has 0 N–H and O–H groups in total. The summed E-state index contributed by atoms with van der Waals surface area (Å²) in [7, 11) is 0. The van der Waals surface area contributed by atoms with Crippen LogP contribution in [0.25, 0.3) is 5.57 Å². The van der Waals surface area contributed by atoms with Crippen molar-refractivity contribution in [3.8, 4) is 0 Å². The first kappa shape index (κ1) is 10.1. The molecule has 0 saturated heterocycles. The highest BCUT2D eigenvalue weighted by Gasteiger charge is 2.06. The minimum atomic E-state index is 0.722. The molecular weight excluding hydrogens is 180 g/mol. The molecule has 1 aromatic carbocycles. The lowest BCUT2D eigenvalue weighted by molar-refractivity contribution is 0.112. The third-order valence-electron chi connectivity index (χ3n) is 1.83. The molecule has 0 bridgehead atoms. The molecule has 0 unspecified atom stereocenters. The summed E-state index contributed by atoms with van der Waals surface area (Å²) in [6.07, 6.45) is 2.88. The highest BCUT2D eigenvalue weighted by molar-refractivity contribution is 7.98. The van der Waals surface area contributed by atoms with Gasteiger partial charge >= 0.3 is 0 Å². The predicted molar refractivity (Wildman–Crippen MR) is 58.3 cm³/mol. The molecule has 0 aliphatic rings. The van der Waals surface area contributed by atoms with Gasteiger partial charge in [0.2, 0.25) is 0 Å². The van der Waals surface area contributed by atoms with E-state index in [9.17, 15) is 4.79 Å². The molecule has 0 aliphatic carbocycles. The quantitative estimate of drug-likeness (QED) is 0.540. The van der Waals surface area contributed by atoms with Gasteiger partial charge in [-0.3, -0.25) is 4.79 Å². The maximum atomic E-state index is 10.7. The molecule has 0 spiro atoms. The van der Waals surface area contributed by atoms with Crippen LogP contribution in [0.5, 0.6) is 0 Å². The molecule has 13 heavy (non-hydrogen) atoms. The lowest BCUT2D eigenvalue weighted by Crippen LogP contribution is -1.91. The Bertz CT molecular complexity index is 342. The zero-order valence-electron chi connectivity index (χ0n) is 7.83. The van der Waals surface area contributed by atoms with Crippen molar-refractivity contribution in [3.63, 3.8) is 0 Å². The van der Waals surface area contributed by atoms with E-state index in [0.717, 1.165) is 27.9 Å². The van der Waals surface area contributed by atoms with Gasteiger partial charge in [0.15, 0.2) is 6.29 Å². The fraction of sp³-hybridized carbons (Fsp3) is 0.182. The van der Waals surface area contributed by atoms with Crippen LogP contribution in [0.15, 0.2) is 29.7 Å². The third kappa shape index (κ3) is 2.01. The number of hydrogen-bond acceptors (Lipinski definition) is 2. The number of aldehydes is 1. The summed E-state index contributed by atoms with van der Waals surface area (Å²) >= 11 is 1.63. The summed E-state index contributed by atoms with van der Waals surface area (Å²) in [6, 6.07) is 5.71. The van der Waals surface area contributed by atoms with Crippen LogP contribution >= 0.6 is 11.8 Å². The molecule has 0 atom stereocenters. The minimum Gasteiger partial charge on any atom is -0.298 e. The highest BCUT2D eigenvalue weighted by atomic mass is 32.2. The monoisotopic (exact) mass is 192 g/mol. The van der Waals surface area contributed by atoms with Gasteiger partial charge in [-0.1, -0.05) is 18.7 Å². The zero-order valence-corrected chi connectivity index (χ0v) is 8.65. The fourth-order valence-electron chi connectivity index (χ4n) is 1.27. The minimum absolute atomic E-state index is 0.722. The van der Waals surface area contributed by atoms with Gasteiger partial charge in [-0.05, 0) is 24.8 Å². The van der Waals surface area contributed by atoms with Crippen LogP contribution in [0.4, 0.5) is 0 Å². The van der Waals surface area contributed by atoms with Gasteiger partial charge in [0, 0.05) is 16.0 Å². The number of carbonyl (C=O) groups is 1. The van der Waals surface area contributed by atoms with E-state index >= 15 is 0 Å². The van der Waals surface area contributed by atoms with Crippen LogP contribution in [-0.4, -0.2) is 12.5 Å². The molecule has 2 heteroatoms. The van der Waals surface area contributed by atoms with Crippen LogP contribution in [-0.2, 0) is 0 Å². The number of allylic oxidation sites excluding steroid dienone is 1. The normalized spacial score (nSPS) is 9.69. The summed E-state index contributed by atoms with van der Waals surface area (Å²) in [5.74, 6) is 0. The second kappa shape index (κ2) is 4.28. The Hall–Kier alpha value is -1.02. The first-order chi connectivity index (χ1) is 6.20. The van der Waals surface area contributed by atoms with Crippen molar-refractivity contribution in [2.75, 3.05) is 6.26 Å². The van der Waals surface area contributed by atoms with E-state index < -0.39 is 0 Å². The smallest absolute Gasteiger partial charge is 0.150 e. The second-order valence-corrected chi connectivity index (χ2v) is 3.67. The molecule has 0 saturated carbocycles. The molecule has 0 aliphatic heterocycles. The van der Waals surface area contributed by atoms with E-state index in [-0.39, 0.29) is 0 Å². The lowest BCUT2D eigenvalue weighted by atomic mass is 10.0. The van der Waals surface area contributed by atoms with Crippen LogP contribution < -0.4 is 0 Å². The SMILES string of the molecule is C=C(C)c1c(C=O)cccc1SC. The van der Waals surface area contributed by atoms with Gasteiger partial charge in [-0.25, -0.2) is 0 Å². The van der Waals surface area contributed by atoms with E-state index in [2.05, 4.69) is 6.58 Å². The van der Waals surface area contributed by atoms with Gasteiger partial charge < -0.3 is 0 Å². The fourth-order valence-corrected chi connectivity index (χ4v) is 1.98. The summed E-state index contributed by atoms with van der Waals surface area (Å²) < 4.78 is 0. The summed E-state index contributed by atoms with van der Waals surface area (Å²) in [6.45, 7) is 5.79. The van der Waals surface area contributed by atoms with Crippen molar-refractivity contribution < 1.29 is 4.79 Å². The Morgan fingerprint density at radius 2 is 2.23 bits per heavy atom. The topological polar surface area (TPSA) is 17.1 Å². The maximum absolute atomic E-state index is 10.7. The van der Waals surface area contributed by atoms with Crippen molar-refractivity contribution >= 4 is 23.6 Å². The van der Waals surface area contributed by atoms with Crippen LogP contribution in [0.3, 0.4) is 0 Å². The van der Waals surface area contributed by atoms with Crippen molar-refractivity contribution in [1.82, 2.24) is 0 Å². The number of carbonyl (C=O) groups excluding carboxylic acids is 1. The Labute approximate surface area is 82.9 Å². The molecule has 68 valence electrons. The molecule has 0 aromatic heterocycles. The van der Waals surface area contributed by atoms with Gasteiger partial charge in [0.25, 0.3) is 0 Å². The van der Waals surface area contributed by atoms with Crippen LogP contribution in [0, 0.1) is 0 Å². The Kier molecular flexibility index (Phi) is 3.32. The number of benzene rings is 1. The van der Waals surface area contributed by atoms with E-state index in [1.807, 2.05) is 31.4 Å². The van der Waals surface area contributed by atoms with E-state index in [1.54, 1.807) is 11.8 Å². The zero-order chi connectivity index (χ0) is 9.84. The van der Waals surface area contributed by atoms with Crippen molar-refractivity contribution in [2.24, 2.45) is 0 Å². The molecule has 0 fully saturated rings. The Morgan fingerprint density at radius 3 is 2.69 bits per heavy atom. The molecule has 0 radical (unpaired) electrons. The Balaban J connectivity index is 3.38. The van der Waals surface area contributed by atoms with Crippen LogP contribution in [0.2, 0.25) is 0 Å². The van der Waals surface area contributed by atoms with Gasteiger partial charge in [-0.15, -0.1) is 11.8 Å². The first-order valence-electron chi connectivity index (χ1n) is 3.98. The average Bonchev–Trinajstić information content (AvgIpc) is 2.16. The lowest BCUT2D eigenvalue weighted by Gasteiger charge is -2.08. The standard InChI is InChI=1S/C11H12OS/c1-8(2)11-9(7-12)5-4-6-10(11)13-3/h4-7H,1H2,2-3H3. The van der Waals surface area contributed by atoms with Gasteiger partial charge in [-0.2, -0.15) is 0 Å². The van der Waals surface area contributed by atoms with Gasteiger partial charge in [0.05, 0.1) is 0 Å². The van der Waals surface area contributed by atoms with Gasteiger partial charge in [0.1, 0.15) is 0 Å². The molecule has 1 nitrogen and oxygen atoms in total. The number of rotatable bonds is 3. The highest BCUT2D eigenvalue weighted by Crippen LogP contribution is 2.27. The van der Waals surface area contributed by atoms with Crippen molar-refractivity contribution in [1.29, 1.82) is 0 Å². The maximum Gasteiger partial charge on any atom is 0.150 e. The molecule has 1 rings (SSSR count). The summed E-state index contributed by atoms with van der Waals surface area (Å²) in [5.41, 5.74) is 2.64. The second-order valence-electron chi connectivity index (χ2n) is 2.82. The van der Waals surface area contributed by atoms with Crippen LogP contribution in [0.1, 0.15) is 22.8 Å². The first-order valence-corrected chi connectivity index (χ1v) is 5.21. The largest absolute Gasteiger partial charge is 0.298 e. The van der Waals surface area contributed by atoms with E-state index in [0.29, 0.717) is 0 Å². The summed E-state index contributed by atoms with van der Waals surface area (Å²) in [5, 5.41) is 0.